The normalized spacial score (nSPS) is 15.7. The van der Waals surface area contributed by atoms with Crippen molar-refractivity contribution in [3.63, 3.8) is 0 Å². The van der Waals surface area contributed by atoms with Gasteiger partial charge in [0, 0.05) is 37.3 Å². The number of aryl methyl sites for hydroxylation is 1. The molecule has 0 atom stereocenters. The molecule has 4 aromatic rings. The number of hydrogen-bond acceptors (Lipinski definition) is 4. The lowest BCUT2D eigenvalue weighted by Gasteiger charge is -2.32. The molecule has 1 N–H and O–H groups in total. The molecule has 0 unspecified atom stereocenters. The molecule has 1 aromatic carbocycles. The number of nitrogens with zero attached hydrogens (tertiary/aromatic N) is 5. The first-order valence-electron chi connectivity index (χ1n) is 9.20. The Bertz CT molecular complexity index is 1140. The van der Waals surface area contributed by atoms with E-state index in [-0.39, 0.29) is 5.91 Å². The summed E-state index contributed by atoms with van der Waals surface area (Å²) in [5.74, 6) is 0.515. The van der Waals surface area contributed by atoms with Crippen LogP contribution in [0, 0.1) is 0 Å². The Morgan fingerprint density at radius 2 is 2.04 bits per heavy atom. The number of amides is 1. The van der Waals surface area contributed by atoms with E-state index in [0.717, 1.165) is 53.6 Å². The summed E-state index contributed by atoms with van der Waals surface area (Å²) in [6.07, 6.45) is 7.20. The number of aromatic nitrogens is 5. The first kappa shape index (κ1) is 16.0. The summed E-state index contributed by atoms with van der Waals surface area (Å²) in [5, 5.41) is 5.25. The highest BCUT2D eigenvalue weighted by Crippen LogP contribution is 2.31. The molecular formula is C20H20N6O. The van der Waals surface area contributed by atoms with Crippen LogP contribution in [0.15, 0.2) is 43.0 Å². The van der Waals surface area contributed by atoms with Gasteiger partial charge in [-0.05, 0) is 48.6 Å². The Morgan fingerprint density at radius 3 is 2.89 bits per heavy atom. The Hall–Kier alpha value is -3.22. The molecule has 7 nitrogen and oxygen atoms in total. The molecule has 1 aliphatic heterocycles. The Morgan fingerprint density at radius 1 is 1.19 bits per heavy atom. The first-order chi connectivity index (χ1) is 13.2. The first-order valence-corrected chi connectivity index (χ1v) is 9.20. The third-order valence-corrected chi connectivity index (χ3v) is 5.57. The van der Waals surface area contributed by atoms with Gasteiger partial charge >= 0.3 is 0 Å². The third-order valence-electron chi connectivity index (χ3n) is 5.57. The number of H-pyrrole nitrogens is 1. The van der Waals surface area contributed by atoms with Crippen molar-refractivity contribution in [3.05, 3.63) is 54.1 Å². The zero-order valence-electron chi connectivity index (χ0n) is 15.1. The van der Waals surface area contributed by atoms with Crippen molar-refractivity contribution in [2.24, 2.45) is 7.05 Å². The molecule has 0 bridgehead atoms. The number of nitrogens with one attached hydrogen (secondary N) is 1. The molecule has 1 aliphatic rings. The van der Waals surface area contributed by atoms with Gasteiger partial charge in [-0.15, -0.1) is 0 Å². The lowest BCUT2D eigenvalue weighted by Crippen LogP contribution is -2.38. The number of pyridine rings is 1. The predicted molar refractivity (Wildman–Crippen MR) is 102 cm³/mol. The van der Waals surface area contributed by atoms with Crippen LogP contribution in [0.3, 0.4) is 0 Å². The fourth-order valence-corrected chi connectivity index (χ4v) is 4.08. The maximum Gasteiger partial charge on any atom is 0.253 e. The number of benzene rings is 1. The molecule has 1 saturated heterocycles. The summed E-state index contributed by atoms with van der Waals surface area (Å²) in [6.45, 7) is 1.51. The van der Waals surface area contributed by atoms with E-state index in [1.807, 2.05) is 41.0 Å². The number of carbonyl (C=O) groups is 1. The van der Waals surface area contributed by atoms with Gasteiger partial charge in [0.1, 0.15) is 0 Å². The average molecular weight is 360 g/mol. The number of hydrogen-bond donors (Lipinski definition) is 1. The van der Waals surface area contributed by atoms with E-state index in [2.05, 4.69) is 26.1 Å². The number of aromatic amines is 1. The summed E-state index contributed by atoms with van der Waals surface area (Å²) >= 11 is 0. The number of likely N-dealkylation sites (tertiary alicyclic amines) is 1. The van der Waals surface area contributed by atoms with Crippen LogP contribution in [0.4, 0.5) is 0 Å². The van der Waals surface area contributed by atoms with Crippen LogP contribution in [0.2, 0.25) is 0 Å². The van der Waals surface area contributed by atoms with Crippen molar-refractivity contribution in [2.45, 2.75) is 18.8 Å². The molecule has 5 rings (SSSR count). The van der Waals surface area contributed by atoms with E-state index in [9.17, 15) is 4.79 Å². The molecule has 7 heteroatoms. The second kappa shape index (κ2) is 6.19. The van der Waals surface area contributed by atoms with Gasteiger partial charge in [-0.25, -0.2) is 9.97 Å². The van der Waals surface area contributed by atoms with Crippen molar-refractivity contribution >= 4 is 28.0 Å². The lowest BCUT2D eigenvalue weighted by atomic mass is 9.89. The minimum atomic E-state index is 0.0978. The van der Waals surface area contributed by atoms with Gasteiger partial charge in [-0.1, -0.05) is 0 Å². The topological polar surface area (TPSA) is 79.7 Å². The number of imidazole rings is 1. The highest BCUT2D eigenvalue weighted by atomic mass is 16.2. The quantitative estimate of drug-likeness (QED) is 0.596. The molecule has 1 fully saturated rings. The van der Waals surface area contributed by atoms with E-state index in [1.165, 1.54) is 5.56 Å². The van der Waals surface area contributed by atoms with E-state index in [4.69, 9.17) is 0 Å². The van der Waals surface area contributed by atoms with E-state index < -0.39 is 0 Å². The SMILES string of the molecule is Cn1ncc2cc(C(=O)N3CCC(c4ccnc5nc[nH]c45)CC3)ccc21. The second-order valence-corrected chi connectivity index (χ2v) is 7.11. The maximum absolute atomic E-state index is 12.9. The van der Waals surface area contributed by atoms with Gasteiger partial charge in [0.05, 0.1) is 23.6 Å². The largest absolute Gasteiger partial charge is 0.343 e. The summed E-state index contributed by atoms with van der Waals surface area (Å²) in [4.78, 5) is 26.6. The van der Waals surface area contributed by atoms with Gasteiger partial charge in [0.2, 0.25) is 0 Å². The predicted octanol–water partition coefficient (Wildman–Crippen LogP) is 2.86. The van der Waals surface area contributed by atoms with Crippen molar-refractivity contribution < 1.29 is 4.79 Å². The van der Waals surface area contributed by atoms with Gasteiger partial charge in [-0.2, -0.15) is 5.10 Å². The van der Waals surface area contributed by atoms with Crippen molar-refractivity contribution in [2.75, 3.05) is 13.1 Å². The molecular weight excluding hydrogens is 340 g/mol. The number of piperidine rings is 1. The summed E-state index contributed by atoms with van der Waals surface area (Å²) in [6, 6.07) is 7.87. The maximum atomic E-state index is 12.9. The van der Waals surface area contributed by atoms with Gasteiger partial charge in [0.25, 0.3) is 5.91 Å². The van der Waals surface area contributed by atoms with Crippen LogP contribution in [0.1, 0.15) is 34.7 Å². The van der Waals surface area contributed by atoms with Crippen LogP contribution in [-0.2, 0) is 7.05 Å². The number of rotatable bonds is 2. The monoisotopic (exact) mass is 360 g/mol. The standard InChI is InChI=1S/C20H20N6O/c1-25-17-3-2-14(10-15(17)11-24-25)20(27)26-8-5-13(6-9-26)16-4-7-21-19-18(16)22-12-23-19/h2-4,7,10-13H,5-6,8-9H2,1H3,(H,21,22,23). The molecule has 0 aliphatic carbocycles. The molecule has 1 amide bonds. The average Bonchev–Trinajstić information content (AvgIpc) is 3.34. The van der Waals surface area contributed by atoms with Crippen LogP contribution in [0.25, 0.3) is 22.1 Å². The van der Waals surface area contributed by atoms with Gasteiger partial charge < -0.3 is 9.88 Å². The molecule has 3 aromatic heterocycles. The lowest BCUT2D eigenvalue weighted by molar-refractivity contribution is 0.0713. The van der Waals surface area contributed by atoms with Crippen LogP contribution in [-0.4, -0.2) is 48.6 Å². The Kier molecular flexibility index (Phi) is 3.67. The van der Waals surface area contributed by atoms with Crippen LogP contribution in [0.5, 0.6) is 0 Å². The number of fused-ring (bicyclic) bond motifs is 2. The highest BCUT2D eigenvalue weighted by molar-refractivity contribution is 5.98. The molecule has 0 spiro atoms. The third kappa shape index (κ3) is 2.66. The number of carbonyl (C=O) groups excluding carboxylic acids is 1. The van der Waals surface area contributed by atoms with E-state index >= 15 is 0 Å². The highest BCUT2D eigenvalue weighted by Gasteiger charge is 2.26. The van der Waals surface area contributed by atoms with Crippen molar-refractivity contribution in [3.8, 4) is 0 Å². The summed E-state index contributed by atoms with van der Waals surface area (Å²) in [7, 11) is 1.91. The van der Waals surface area contributed by atoms with Crippen molar-refractivity contribution in [1.82, 2.24) is 29.6 Å². The smallest absolute Gasteiger partial charge is 0.253 e. The zero-order chi connectivity index (χ0) is 18.4. The summed E-state index contributed by atoms with van der Waals surface area (Å²) in [5.41, 5.74) is 4.79. The van der Waals surface area contributed by atoms with E-state index in [1.54, 1.807) is 12.5 Å². The van der Waals surface area contributed by atoms with Crippen LogP contribution >= 0.6 is 0 Å². The minimum Gasteiger partial charge on any atom is -0.343 e. The summed E-state index contributed by atoms with van der Waals surface area (Å²) < 4.78 is 1.82. The van der Waals surface area contributed by atoms with Crippen LogP contribution < -0.4 is 0 Å². The molecule has 4 heterocycles. The second-order valence-electron chi connectivity index (χ2n) is 7.11. The Labute approximate surface area is 156 Å². The van der Waals surface area contributed by atoms with Crippen molar-refractivity contribution in [1.29, 1.82) is 0 Å². The van der Waals surface area contributed by atoms with E-state index in [0.29, 0.717) is 5.92 Å². The fraction of sp³-hybridized carbons (Fsp3) is 0.300. The fourth-order valence-electron chi connectivity index (χ4n) is 4.08. The molecule has 0 saturated carbocycles. The zero-order valence-corrected chi connectivity index (χ0v) is 15.1. The minimum absolute atomic E-state index is 0.0978. The van der Waals surface area contributed by atoms with Gasteiger partial charge in [-0.3, -0.25) is 9.48 Å². The Balaban J connectivity index is 1.33. The molecule has 27 heavy (non-hydrogen) atoms. The van der Waals surface area contributed by atoms with Gasteiger partial charge in [0.15, 0.2) is 5.65 Å². The molecule has 136 valence electrons. The molecule has 0 radical (unpaired) electrons.